The highest BCUT2D eigenvalue weighted by atomic mass is 16.6. The second kappa shape index (κ2) is 12.4. The smallest absolute Gasteiger partial charge is 0.306 e. The zero-order valence-corrected chi connectivity index (χ0v) is 18.8. The van der Waals surface area contributed by atoms with Crippen LogP contribution in [0.2, 0.25) is 0 Å². The number of amides is 2. The van der Waals surface area contributed by atoms with Gasteiger partial charge >= 0.3 is 5.97 Å². The van der Waals surface area contributed by atoms with Crippen LogP contribution in [-0.4, -0.2) is 35.1 Å². The van der Waals surface area contributed by atoms with Crippen LogP contribution in [-0.2, 0) is 14.3 Å². The van der Waals surface area contributed by atoms with E-state index in [-0.39, 0.29) is 24.1 Å². The Balaban J connectivity index is 1.37. The molecule has 0 saturated heterocycles. The number of esters is 1. The van der Waals surface area contributed by atoms with Crippen molar-refractivity contribution >= 4 is 29.3 Å². The fourth-order valence-electron chi connectivity index (χ4n) is 2.85. The Hall–Kier alpha value is -5.06. The zero-order chi connectivity index (χ0) is 25.9. The molecule has 0 aliphatic rings. The molecule has 0 aliphatic carbocycles. The van der Waals surface area contributed by atoms with Crippen molar-refractivity contribution in [2.75, 3.05) is 6.61 Å². The topological polar surface area (TPSA) is 154 Å². The van der Waals surface area contributed by atoms with E-state index >= 15 is 0 Å². The van der Waals surface area contributed by atoms with Gasteiger partial charge in [0.05, 0.1) is 11.3 Å². The molecule has 0 aliphatic heterocycles. The molecule has 184 valence electrons. The van der Waals surface area contributed by atoms with Crippen molar-refractivity contribution in [2.24, 2.45) is 0 Å². The predicted molar refractivity (Wildman–Crippen MR) is 126 cm³/mol. The summed E-state index contributed by atoms with van der Waals surface area (Å²) in [5.41, 5.74) is 5.02. The summed E-state index contributed by atoms with van der Waals surface area (Å²) in [6, 6.07) is 19.8. The van der Waals surface area contributed by atoms with E-state index in [1.807, 2.05) is 0 Å². The van der Waals surface area contributed by atoms with Gasteiger partial charge in [-0.2, -0.15) is 0 Å². The molecule has 0 unspecified atom stereocenters. The van der Waals surface area contributed by atoms with E-state index in [0.717, 1.165) is 0 Å². The van der Waals surface area contributed by atoms with Crippen LogP contribution in [0, 0.1) is 10.1 Å². The molecule has 3 aromatic rings. The molecule has 0 atom stereocenters. The Kier molecular flexibility index (Phi) is 8.82. The maximum atomic E-state index is 12.3. The lowest BCUT2D eigenvalue weighted by molar-refractivity contribution is -0.384. The van der Waals surface area contributed by atoms with Crippen LogP contribution < -0.4 is 15.6 Å². The number of non-ortho nitro benzene ring substituents is 1. The van der Waals surface area contributed by atoms with Crippen molar-refractivity contribution in [3.05, 3.63) is 100 Å². The third kappa shape index (κ3) is 7.76. The number of nitro benzene ring substituents is 1. The average Bonchev–Trinajstić information content (AvgIpc) is 2.90. The fourth-order valence-corrected chi connectivity index (χ4v) is 2.85. The van der Waals surface area contributed by atoms with Crippen LogP contribution in [0.1, 0.15) is 33.6 Å². The molecule has 2 N–H and O–H groups in total. The summed E-state index contributed by atoms with van der Waals surface area (Å²) in [6.07, 6.45) is -0.515. The predicted octanol–water partition coefficient (Wildman–Crippen LogP) is 3.35. The summed E-state index contributed by atoms with van der Waals surface area (Å²) in [6.45, 7) is -0.506. The molecular weight excluding hydrogens is 470 g/mol. The molecular formula is C25H21N3O8. The van der Waals surface area contributed by atoms with Gasteiger partial charge in [0.25, 0.3) is 11.6 Å². The van der Waals surface area contributed by atoms with Crippen LogP contribution in [0.5, 0.6) is 11.5 Å². The molecule has 3 aromatic carbocycles. The molecule has 0 heterocycles. The Bertz CT molecular complexity index is 1240. The maximum Gasteiger partial charge on any atom is 0.306 e. The van der Waals surface area contributed by atoms with Gasteiger partial charge < -0.3 is 9.47 Å². The summed E-state index contributed by atoms with van der Waals surface area (Å²) in [5, 5.41) is 10.7. The highest BCUT2D eigenvalue weighted by Crippen LogP contribution is 2.24. The van der Waals surface area contributed by atoms with Crippen molar-refractivity contribution in [2.45, 2.75) is 12.8 Å². The van der Waals surface area contributed by atoms with Crippen LogP contribution in [0.3, 0.4) is 0 Å². The number of hydrogen-bond acceptors (Lipinski definition) is 8. The molecule has 0 spiro atoms. The fraction of sp³-hybridized carbons (Fsp3) is 0.120. The monoisotopic (exact) mass is 491 g/mol. The summed E-state index contributed by atoms with van der Waals surface area (Å²) >= 11 is 0. The molecule has 0 fully saturated rings. The van der Waals surface area contributed by atoms with Crippen molar-refractivity contribution in [3.8, 4) is 11.5 Å². The molecule has 11 nitrogen and oxygen atoms in total. The third-order valence-electron chi connectivity index (χ3n) is 4.73. The largest absolute Gasteiger partial charge is 0.457 e. The number of Topliss-reactive ketones (excluding diaryl/α,β-unsaturated/α-hetero) is 1. The van der Waals surface area contributed by atoms with Crippen molar-refractivity contribution in [1.29, 1.82) is 0 Å². The van der Waals surface area contributed by atoms with E-state index in [1.165, 1.54) is 48.5 Å². The number of carbonyl (C=O) groups is 4. The number of benzene rings is 3. The van der Waals surface area contributed by atoms with Crippen LogP contribution in [0.15, 0.2) is 78.9 Å². The number of nitrogens with one attached hydrogen (secondary N) is 2. The molecule has 2 amide bonds. The number of carbonyl (C=O) groups excluding carboxylic acids is 4. The Labute approximate surface area is 205 Å². The SMILES string of the molecule is O=C(CCC(=O)OCC(=O)c1ccc(Oc2ccc([N+](=O)[O-])cc2)cc1)NNC(=O)c1ccccc1. The first kappa shape index (κ1) is 25.6. The van der Waals surface area contributed by atoms with Gasteiger partial charge in [-0.1, -0.05) is 18.2 Å². The lowest BCUT2D eigenvalue weighted by Crippen LogP contribution is -2.41. The summed E-state index contributed by atoms with van der Waals surface area (Å²) in [4.78, 5) is 58.0. The zero-order valence-electron chi connectivity index (χ0n) is 18.8. The van der Waals surface area contributed by atoms with Crippen molar-refractivity contribution < 1.29 is 33.6 Å². The molecule has 0 aromatic heterocycles. The van der Waals surface area contributed by atoms with Crippen molar-refractivity contribution in [1.82, 2.24) is 10.9 Å². The number of ether oxygens (including phenoxy) is 2. The first-order chi connectivity index (χ1) is 17.3. The highest BCUT2D eigenvalue weighted by Gasteiger charge is 2.13. The first-order valence-corrected chi connectivity index (χ1v) is 10.7. The number of rotatable bonds is 10. The van der Waals surface area contributed by atoms with E-state index in [0.29, 0.717) is 17.1 Å². The maximum absolute atomic E-state index is 12.3. The number of hydrazine groups is 1. The number of nitro groups is 1. The lowest BCUT2D eigenvalue weighted by atomic mass is 10.1. The van der Waals surface area contributed by atoms with Gasteiger partial charge in [-0.05, 0) is 48.5 Å². The molecule has 36 heavy (non-hydrogen) atoms. The first-order valence-electron chi connectivity index (χ1n) is 10.7. The van der Waals surface area contributed by atoms with Gasteiger partial charge in [0.1, 0.15) is 11.5 Å². The van der Waals surface area contributed by atoms with Gasteiger partial charge in [-0.3, -0.25) is 40.1 Å². The molecule has 0 bridgehead atoms. The van der Waals surface area contributed by atoms with Gasteiger partial charge in [0.15, 0.2) is 12.4 Å². The second-order valence-electron chi connectivity index (χ2n) is 7.33. The minimum Gasteiger partial charge on any atom is -0.457 e. The molecule has 11 heteroatoms. The lowest BCUT2D eigenvalue weighted by Gasteiger charge is -2.08. The van der Waals surface area contributed by atoms with Crippen molar-refractivity contribution in [3.63, 3.8) is 0 Å². The van der Waals surface area contributed by atoms with E-state index in [4.69, 9.17) is 9.47 Å². The number of nitrogens with zero attached hydrogens (tertiary/aromatic N) is 1. The van der Waals surface area contributed by atoms with Crippen LogP contribution >= 0.6 is 0 Å². The number of hydrogen-bond donors (Lipinski definition) is 2. The minimum absolute atomic E-state index is 0.0618. The minimum atomic E-state index is -0.744. The molecule has 0 radical (unpaired) electrons. The summed E-state index contributed by atoms with van der Waals surface area (Å²) in [5.74, 6) is -1.50. The van der Waals surface area contributed by atoms with Gasteiger partial charge in [-0.25, -0.2) is 0 Å². The number of ketones is 1. The Morgan fingerprint density at radius 3 is 1.97 bits per heavy atom. The van der Waals surface area contributed by atoms with Gasteiger partial charge in [0, 0.05) is 29.7 Å². The van der Waals surface area contributed by atoms with Gasteiger partial charge in [0.2, 0.25) is 5.91 Å². The highest BCUT2D eigenvalue weighted by molar-refractivity contribution is 5.98. The Morgan fingerprint density at radius 1 is 0.750 bits per heavy atom. The average molecular weight is 491 g/mol. The summed E-state index contributed by atoms with van der Waals surface area (Å²) < 4.78 is 10.5. The van der Waals surface area contributed by atoms with E-state index < -0.39 is 35.1 Å². The normalized spacial score (nSPS) is 10.1. The van der Waals surface area contributed by atoms with E-state index in [1.54, 1.807) is 30.3 Å². The molecule has 3 rings (SSSR count). The van der Waals surface area contributed by atoms with Gasteiger partial charge in [-0.15, -0.1) is 0 Å². The second-order valence-corrected chi connectivity index (χ2v) is 7.33. The molecule has 0 saturated carbocycles. The van der Waals surface area contributed by atoms with Crippen LogP contribution in [0.4, 0.5) is 5.69 Å². The van der Waals surface area contributed by atoms with E-state index in [2.05, 4.69) is 10.9 Å². The quantitative estimate of drug-likeness (QED) is 0.189. The standard InChI is InChI=1S/C25H21N3O8/c29-22(17-6-10-20(11-7-17)36-21-12-8-19(9-13-21)28(33)34)16-35-24(31)15-14-23(30)26-27-25(32)18-4-2-1-3-5-18/h1-13H,14-16H2,(H,26,30)(H,27,32). The van der Waals surface area contributed by atoms with E-state index in [9.17, 15) is 29.3 Å². The Morgan fingerprint density at radius 2 is 1.36 bits per heavy atom. The summed E-state index contributed by atoms with van der Waals surface area (Å²) in [7, 11) is 0. The third-order valence-corrected chi connectivity index (χ3v) is 4.73. The van der Waals surface area contributed by atoms with Crippen LogP contribution in [0.25, 0.3) is 0 Å².